The SMILES string of the molecule is CC1SCC(c2nc3c(c(NN)n2)CCC3)SC1C. The zero-order valence-corrected chi connectivity index (χ0v) is 13.0. The third-order valence-electron chi connectivity index (χ3n) is 3.93. The molecule has 1 aliphatic heterocycles. The largest absolute Gasteiger partial charge is 0.308 e. The van der Waals surface area contributed by atoms with Crippen molar-refractivity contribution in [1.82, 2.24) is 9.97 Å². The van der Waals surface area contributed by atoms with Crippen LogP contribution in [0.2, 0.25) is 0 Å². The van der Waals surface area contributed by atoms with Crippen LogP contribution < -0.4 is 11.3 Å². The number of aryl methyl sites for hydroxylation is 1. The molecule has 3 atom stereocenters. The number of thioether (sulfide) groups is 2. The van der Waals surface area contributed by atoms with Crippen LogP contribution in [0.1, 0.15) is 42.6 Å². The molecule has 0 radical (unpaired) electrons. The first-order valence-electron chi connectivity index (χ1n) is 6.82. The number of anilines is 1. The minimum atomic E-state index is 0.397. The highest BCUT2D eigenvalue weighted by atomic mass is 32.2. The van der Waals surface area contributed by atoms with Crippen molar-refractivity contribution in [2.75, 3.05) is 11.2 Å². The molecule has 19 heavy (non-hydrogen) atoms. The zero-order valence-electron chi connectivity index (χ0n) is 11.3. The van der Waals surface area contributed by atoms with Gasteiger partial charge in [-0.2, -0.15) is 11.8 Å². The summed E-state index contributed by atoms with van der Waals surface area (Å²) in [5.41, 5.74) is 5.19. The molecule has 0 bridgehead atoms. The summed E-state index contributed by atoms with van der Waals surface area (Å²) in [7, 11) is 0. The van der Waals surface area contributed by atoms with Gasteiger partial charge in [-0.1, -0.05) is 13.8 Å². The molecule has 1 aromatic rings. The first kappa shape index (κ1) is 13.5. The van der Waals surface area contributed by atoms with E-state index in [1.807, 2.05) is 23.5 Å². The molecule has 1 aliphatic carbocycles. The number of nitrogen functional groups attached to an aromatic ring is 1. The number of rotatable bonds is 2. The average molecular weight is 296 g/mol. The van der Waals surface area contributed by atoms with Crippen molar-refractivity contribution in [1.29, 1.82) is 0 Å². The molecule has 1 saturated heterocycles. The smallest absolute Gasteiger partial charge is 0.147 e. The van der Waals surface area contributed by atoms with Crippen LogP contribution in [-0.2, 0) is 12.8 Å². The molecular weight excluding hydrogens is 276 g/mol. The van der Waals surface area contributed by atoms with E-state index in [0.717, 1.165) is 30.2 Å². The number of hydrogen-bond donors (Lipinski definition) is 2. The van der Waals surface area contributed by atoms with E-state index in [2.05, 4.69) is 24.3 Å². The second kappa shape index (κ2) is 5.50. The summed E-state index contributed by atoms with van der Waals surface area (Å²) in [6.07, 6.45) is 3.29. The summed E-state index contributed by atoms with van der Waals surface area (Å²) >= 11 is 4.02. The van der Waals surface area contributed by atoms with E-state index in [-0.39, 0.29) is 0 Å². The van der Waals surface area contributed by atoms with Gasteiger partial charge < -0.3 is 5.43 Å². The molecule has 1 fully saturated rings. The fourth-order valence-corrected chi connectivity index (χ4v) is 5.48. The lowest BCUT2D eigenvalue weighted by Crippen LogP contribution is -2.24. The Morgan fingerprint density at radius 3 is 2.79 bits per heavy atom. The Hall–Kier alpha value is -0.460. The van der Waals surface area contributed by atoms with Gasteiger partial charge in [0.2, 0.25) is 0 Å². The Kier molecular flexibility index (Phi) is 3.91. The van der Waals surface area contributed by atoms with Gasteiger partial charge in [0.15, 0.2) is 0 Å². The molecule has 0 spiro atoms. The van der Waals surface area contributed by atoms with Gasteiger partial charge in [-0.15, -0.1) is 11.8 Å². The Bertz CT molecular complexity index is 480. The highest BCUT2D eigenvalue weighted by Gasteiger charge is 2.30. The summed E-state index contributed by atoms with van der Waals surface area (Å²) in [4.78, 5) is 9.47. The first-order valence-corrected chi connectivity index (χ1v) is 8.81. The van der Waals surface area contributed by atoms with Gasteiger partial charge in [-0.05, 0) is 19.3 Å². The van der Waals surface area contributed by atoms with Crippen molar-refractivity contribution in [2.45, 2.75) is 48.9 Å². The molecule has 4 nitrogen and oxygen atoms in total. The van der Waals surface area contributed by atoms with Gasteiger partial charge >= 0.3 is 0 Å². The second-order valence-electron chi connectivity index (χ2n) is 5.22. The monoisotopic (exact) mass is 296 g/mol. The van der Waals surface area contributed by atoms with E-state index in [4.69, 9.17) is 10.8 Å². The van der Waals surface area contributed by atoms with Crippen LogP contribution in [0.4, 0.5) is 5.82 Å². The molecule has 3 rings (SSSR count). The minimum Gasteiger partial charge on any atom is -0.308 e. The number of nitrogens with two attached hydrogens (primary N) is 1. The Labute approximate surface area is 122 Å². The molecular formula is C13H20N4S2. The number of aromatic nitrogens is 2. The van der Waals surface area contributed by atoms with E-state index >= 15 is 0 Å². The molecule has 0 aromatic carbocycles. The fourth-order valence-electron chi connectivity index (χ4n) is 2.63. The number of nitrogens with zero attached hydrogens (tertiary/aromatic N) is 2. The van der Waals surface area contributed by atoms with Crippen molar-refractivity contribution in [2.24, 2.45) is 5.84 Å². The van der Waals surface area contributed by atoms with Crippen molar-refractivity contribution in [3.05, 3.63) is 17.1 Å². The summed E-state index contributed by atoms with van der Waals surface area (Å²) < 4.78 is 0. The van der Waals surface area contributed by atoms with Crippen LogP contribution >= 0.6 is 23.5 Å². The molecule has 0 saturated carbocycles. The number of hydrogen-bond acceptors (Lipinski definition) is 6. The maximum absolute atomic E-state index is 5.62. The van der Waals surface area contributed by atoms with Crippen molar-refractivity contribution in [3.8, 4) is 0 Å². The van der Waals surface area contributed by atoms with Crippen LogP contribution in [0, 0.1) is 0 Å². The van der Waals surface area contributed by atoms with Crippen LogP contribution in [0.5, 0.6) is 0 Å². The second-order valence-corrected chi connectivity index (χ2v) is 8.22. The Balaban J connectivity index is 1.89. The van der Waals surface area contributed by atoms with Gasteiger partial charge in [0, 0.05) is 27.5 Å². The van der Waals surface area contributed by atoms with E-state index in [1.165, 1.54) is 17.7 Å². The fraction of sp³-hybridized carbons (Fsp3) is 0.692. The van der Waals surface area contributed by atoms with Crippen LogP contribution in [0.15, 0.2) is 0 Å². The maximum Gasteiger partial charge on any atom is 0.147 e. The Morgan fingerprint density at radius 1 is 1.21 bits per heavy atom. The van der Waals surface area contributed by atoms with Gasteiger partial charge in [-0.25, -0.2) is 15.8 Å². The lowest BCUT2D eigenvalue weighted by Gasteiger charge is -2.30. The molecule has 2 heterocycles. The van der Waals surface area contributed by atoms with Gasteiger partial charge in [0.25, 0.3) is 0 Å². The van der Waals surface area contributed by atoms with Crippen LogP contribution in [0.3, 0.4) is 0 Å². The molecule has 0 amide bonds. The quantitative estimate of drug-likeness (QED) is 0.646. The molecule has 104 valence electrons. The standard InChI is InChI=1S/C13H20N4S2/c1-7-8(2)19-11(6-18-7)13-15-10-5-3-4-9(10)12(16-13)17-14/h7-8,11H,3-6,14H2,1-2H3,(H,15,16,17). The lowest BCUT2D eigenvalue weighted by atomic mass is 10.2. The summed E-state index contributed by atoms with van der Waals surface area (Å²) in [6.45, 7) is 4.60. The van der Waals surface area contributed by atoms with Crippen molar-refractivity contribution in [3.63, 3.8) is 0 Å². The van der Waals surface area contributed by atoms with E-state index < -0.39 is 0 Å². The summed E-state index contributed by atoms with van der Waals surface area (Å²) in [6, 6.07) is 0. The number of fused-ring (bicyclic) bond motifs is 1. The maximum atomic E-state index is 5.62. The average Bonchev–Trinajstić information content (AvgIpc) is 2.89. The first-order chi connectivity index (χ1) is 9.19. The highest BCUT2D eigenvalue weighted by Crippen LogP contribution is 2.44. The zero-order chi connectivity index (χ0) is 13.4. The van der Waals surface area contributed by atoms with Crippen molar-refractivity contribution >= 4 is 29.3 Å². The predicted octanol–water partition coefficient (Wildman–Crippen LogP) is 2.55. The van der Waals surface area contributed by atoms with E-state index in [9.17, 15) is 0 Å². The molecule has 3 unspecified atom stereocenters. The molecule has 3 N–H and O–H groups in total. The number of nitrogens with one attached hydrogen (secondary N) is 1. The van der Waals surface area contributed by atoms with Gasteiger partial charge in [0.1, 0.15) is 11.6 Å². The molecule has 2 aliphatic rings. The predicted molar refractivity (Wildman–Crippen MR) is 83.6 cm³/mol. The van der Waals surface area contributed by atoms with E-state index in [1.54, 1.807) is 0 Å². The molecule has 1 aromatic heterocycles. The summed E-state index contributed by atoms with van der Waals surface area (Å²) in [5.74, 6) is 8.52. The normalized spacial score (nSPS) is 30.2. The highest BCUT2D eigenvalue weighted by molar-refractivity contribution is 8.07. The van der Waals surface area contributed by atoms with Gasteiger partial charge in [-0.3, -0.25) is 0 Å². The van der Waals surface area contributed by atoms with Gasteiger partial charge in [0.05, 0.1) is 5.25 Å². The third-order valence-corrected chi connectivity index (χ3v) is 7.31. The van der Waals surface area contributed by atoms with Crippen molar-refractivity contribution < 1.29 is 0 Å². The van der Waals surface area contributed by atoms with E-state index in [0.29, 0.717) is 15.7 Å². The third kappa shape index (κ3) is 2.58. The summed E-state index contributed by atoms with van der Waals surface area (Å²) in [5, 5.41) is 1.76. The van der Waals surface area contributed by atoms with Crippen LogP contribution in [-0.4, -0.2) is 26.2 Å². The topological polar surface area (TPSA) is 63.8 Å². The lowest BCUT2D eigenvalue weighted by molar-refractivity contribution is 0.842. The minimum absolute atomic E-state index is 0.397. The van der Waals surface area contributed by atoms with Crippen LogP contribution in [0.25, 0.3) is 0 Å². The molecule has 6 heteroatoms. The Morgan fingerprint density at radius 2 is 2.05 bits per heavy atom. The number of hydrazine groups is 1.